The van der Waals surface area contributed by atoms with Crippen molar-refractivity contribution in [1.82, 2.24) is 15.5 Å². The van der Waals surface area contributed by atoms with Crippen LogP contribution in [0.4, 0.5) is 11.5 Å². The number of anilines is 2. The molecule has 1 heterocycles. The molecule has 1 aromatic heterocycles. The Labute approximate surface area is 156 Å². The van der Waals surface area contributed by atoms with E-state index < -0.39 is 0 Å². The van der Waals surface area contributed by atoms with Crippen LogP contribution in [-0.2, 0) is 6.54 Å². The van der Waals surface area contributed by atoms with Crippen LogP contribution in [0.2, 0.25) is 5.02 Å². The van der Waals surface area contributed by atoms with Crippen molar-refractivity contribution < 1.29 is 9.53 Å². The molecular weight excluding hydrogens is 352 g/mol. The Morgan fingerprint density at radius 1 is 1.08 bits per heavy atom. The molecule has 0 atom stereocenters. The minimum absolute atomic E-state index is 0.246. The number of ether oxygens (including phenoxy) is 1. The fourth-order valence-corrected chi connectivity index (χ4v) is 2.37. The van der Waals surface area contributed by atoms with Gasteiger partial charge in [-0.05, 0) is 42.0 Å². The molecule has 0 bridgehead atoms. The molecular formula is C19H17ClN4O2. The van der Waals surface area contributed by atoms with E-state index in [1.165, 1.54) is 0 Å². The van der Waals surface area contributed by atoms with Gasteiger partial charge in [-0.25, -0.2) is 0 Å². The van der Waals surface area contributed by atoms with Gasteiger partial charge >= 0.3 is 0 Å². The molecule has 7 heteroatoms. The number of carbonyl (C=O) groups is 1. The molecule has 0 radical (unpaired) electrons. The van der Waals surface area contributed by atoms with Crippen molar-refractivity contribution in [2.24, 2.45) is 0 Å². The molecule has 0 saturated carbocycles. The molecule has 0 aliphatic heterocycles. The van der Waals surface area contributed by atoms with E-state index in [-0.39, 0.29) is 11.6 Å². The first kappa shape index (κ1) is 17.7. The highest BCUT2D eigenvalue weighted by atomic mass is 35.5. The number of aromatic nitrogens is 2. The van der Waals surface area contributed by atoms with Gasteiger partial charge in [0.1, 0.15) is 5.75 Å². The highest BCUT2D eigenvalue weighted by Crippen LogP contribution is 2.19. The maximum absolute atomic E-state index is 12.2. The normalized spacial score (nSPS) is 10.2. The number of nitrogens with one attached hydrogen (secondary N) is 2. The lowest BCUT2D eigenvalue weighted by Crippen LogP contribution is -2.24. The fraction of sp³-hybridized carbons (Fsp3) is 0.105. The van der Waals surface area contributed by atoms with Gasteiger partial charge in [-0.1, -0.05) is 29.8 Å². The molecule has 0 aliphatic rings. The van der Waals surface area contributed by atoms with E-state index in [1.54, 1.807) is 31.4 Å². The molecule has 1 amide bonds. The van der Waals surface area contributed by atoms with Crippen LogP contribution < -0.4 is 15.4 Å². The fourth-order valence-electron chi connectivity index (χ4n) is 2.24. The van der Waals surface area contributed by atoms with Crippen LogP contribution in [0.1, 0.15) is 16.1 Å². The predicted molar refractivity (Wildman–Crippen MR) is 101 cm³/mol. The molecule has 0 spiro atoms. The monoisotopic (exact) mass is 368 g/mol. The Hall–Kier alpha value is -3.12. The number of amides is 1. The summed E-state index contributed by atoms with van der Waals surface area (Å²) in [5.41, 5.74) is 2.01. The van der Waals surface area contributed by atoms with Crippen LogP contribution in [-0.4, -0.2) is 23.2 Å². The third kappa shape index (κ3) is 4.70. The topological polar surface area (TPSA) is 76.1 Å². The summed E-state index contributed by atoms with van der Waals surface area (Å²) in [6.45, 7) is 0.390. The molecule has 6 nitrogen and oxygen atoms in total. The summed E-state index contributed by atoms with van der Waals surface area (Å²) in [6, 6.07) is 18.0. The maximum atomic E-state index is 12.2. The van der Waals surface area contributed by atoms with E-state index in [4.69, 9.17) is 16.3 Å². The summed E-state index contributed by atoms with van der Waals surface area (Å²) in [7, 11) is 1.61. The molecule has 0 fully saturated rings. The lowest BCUT2D eigenvalue weighted by Gasteiger charge is -2.08. The van der Waals surface area contributed by atoms with Gasteiger partial charge in [-0.2, -0.15) is 0 Å². The second-order valence-corrected chi connectivity index (χ2v) is 5.91. The van der Waals surface area contributed by atoms with E-state index in [2.05, 4.69) is 20.8 Å². The number of nitrogens with zero attached hydrogens (tertiary/aromatic N) is 2. The molecule has 0 aliphatic carbocycles. The SMILES string of the molecule is COc1cccc(Nc2ccc(C(=O)NCc3ccc(Cl)cc3)nn2)c1. The number of carbonyl (C=O) groups excluding carboxylic acids is 1. The summed E-state index contributed by atoms with van der Waals surface area (Å²) in [5.74, 6) is 0.981. The van der Waals surface area contributed by atoms with Crippen molar-refractivity contribution in [3.63, 3.8) is 0 Å². The average molecular weight is 369 g/mol. The minimum atomic E-state index is -0.291. The zero-order valence-corrected chi connectivity index (χ0v) is 14.8. The summed E-state index contributed by atoms with van der Waals surface area (Å²) in [4.78, 5) is 12.2. The van der Waals surface area contributed by atoms with Crippen LogP contribution in [0.25, 0.3) is 0 Å². The lowest BCUT2D eigenvalue weighted by molar-refractivity contribution is 0.0945. The zero-order valence-electron chi connectivity index (χ0n) is 14.1. The number of methoxy groups -OCH3 is 1. The van der Waals surface area contributed by atoms with E-state index in [0.717, 1.165) is 17.0 Å². The van der Waals surface area contributed by atoms with E-state index in [9.17, 15) is 4.79 Å². The lowest BCUT2D eigenvalue weighted by atomic mass is 10.2. The highest BCUT2D eigenvalue weighted by molar-refractivity contribution is 6.30. The first-order valence-electron chi connectivity index (χ1n) is 7.91. The van der Waals surface area contributed by atoms with Crippen molar-refractivity contribution in [3.05, 3.63) is 76.9 Å². The standard InChI is InChI=1S/C19H17ClN4O2/c1-26-16-4-2-3-15(11-16)22-18-10-9-17(23-24-18)19(25)21-12-13-5-7-14(20)8-6-13/h2-11H,12H2,1H3,(H,21,25)(H,22,24). The smallest absolute Gasteiger partial charge is 0.272 e. The van der Waals surface area contributed by atoms with Gasteiger partial charge < -0.3 is 15.4 Å². The molecule has 0 saturated heterocycles. The van der Waals surface area contributed by atoms with Gasteiger partial charge in [0.05, 0.1) is 7.11 Å². The summed E-state index contributed by atoms with van der Waals surface area (Å²) >= 11 is 5.84. The van der Waals surface area contributed by atoms with Crippen LogP contribution >= 0.6 is 11.6 Å². The van der Waals surface area contributed by atoms with Gasteiger partial charge in [0, 0.05) is 23.3 Å². The molecule has 3 rings (SSSR count). The van der Waals surface area contributed by atoms with Crippen molar-refractivity contribution in [1.29, 1.82) is 0 Å². The second-order valence-electron chi connectivity index (χ2n) is 5.47. The maximum Gasteiger partial charge on any atom is 0.272 e. The van der Waals surface area contributed by atoms with Crippen molar-refractivity contribution in [3.8, 4) is 5.75 Å². The van der Waals surface area contributed by atoms with Gasteiger partial charge in [-0.3, -0.25) is 4.79 Å². The van der Waals surface area contributed by atoms with E-state index in [0.29, 0.717) is 17.4 Å². The summed E-state index contributed by atoms with van der Waals surface area (Å²) < 4.78 is 5.18. The van der Waals surface area contributed by atoms with E-state index >= 15 is 0 Å². The van der Waals surface area contributed by atoms with Crippen molar-refractivity contribution in [2.75, 3.05) is 12.4 Å². The van der Waals surface area contributed by atoms with Gasteiger partial charge in [0.2, 0.25) is 0 Å². The average Bonchev–Trinajstić information content (AvgIpc) is 2.68. The molecule has 2 aromatic carbocycles. The zero-order chi connectivity index (χ0) is 18.4. The van der Waals surface area contributed by atoms with Gasteiger partial charge in [-0.15, -0.1) is 10.2 Å². The highest BCUT2D eigenvalue weighted by Gasteiger charge is 2.08. The molecule has 132 valence electrons. The number of hydrogen-bond donors (Lipinski definition) is 2. The molecule has 2 N–H and O–H groups in total. The first-order chi connectivity index (χ1) is 12.6. The Balaban J connectivity index is 1.59. The Kier molecular flexibility index (Phi) is 5.66. The van der Waals surface area contributed by atoms with E-state index in [1.807, 2.05) is 36.4 Å². The first-order valence-corrected chi connectivity index (χ1v) is 8.29. The van der Waals surface area contributed by atoms with Crippen LogP contribution in [0.3, 0.4) is 0 Å². The number of hydrogen-bond acceptors (Lipinski definition) is 5. The third-order valence-electron chi connectivity index (χ3n) is 3.61. The summed E-state index contributed by atoms with van der Waals surface area (Å²) in [6.07, 6.45) is 0. The number of benzene rings is 2. The predicted octanol–water partition coefficient (Wildman–Crippen LogP) is 3.81. The molecule has 3 aromatic rings. The third-order valence-corrected chi connectivity index (χ3v) is 3.86. The Morgan fingerprint density at radius 2 is 1.88 bits per heavy atom. The van der Waals surface area contributed by atoms with Gasteiger partial charge in [0.25, 0.3) is 5.91 Å². The van der Waals surface area contributed by atoms with Crippen molar-refractivity contribution >= 4 is 29.0 Å². The van der Waals surface area contributed by atoms with Crippen molar-refractivity contribution in [2.45, 2.75) is 6.54 Å². The number of rotatable bonds is 6. The second kappa shape index (κ2) is 8.31. The molecule has 26 heavy (non-hydrogen) atoms. The van der Waals surface area contributed by atoms with Crippen LogP contribution in [0.5, 0.6) is 5.75 Å². The van der Waals surface area contributed by atoms with Crippen LogP contribution in [0, 0.1) is 0 Å². The number of halogens is 1. The largest absolute Gasteiger partial charge is 0.497 e. The van der Waals surface area contributed by atoms with Crippen LogP contribution in [0.15, 0.2) is 60.7 Å². The summed E-state index contributed by atoms with van der Waals surface area (Å²) in [5, 5.41) is 14.6. The minimum Gasteiger partial charge on any atom is -0.497 e. The Morgan fingerprint density at radius 3 is 2.58 bits per heavy atom. The quantitative estimate of drug-likeness (QED) is 0.691. The molecule has 0 unspecified atom stereocenters. The Bertz CT molecular complexity index is 883. The van der Waals surface area contributed by atoms with Gasteiger partial charge in [0.15, 0.2) is 11.5 Å².